The van der Waals surface area contributed by atoms with Crippen LogP contribution in [0.4, 0.5) is 17.1 Å². The van der Waals surface area contributed by atoms with Crippen LogP contribution in [-0.2, 0) is 0 Å². The molecule has 0 aliphatic carbocycles. The average molecular weight is 739 g/mol. The van der Waals surface area contributed by atoms with E-state index in [1.165, 1.54) is 76.7 Å². The van der Waals surface area contributed by atoms with Crippen molar-refractivity contribution < 1.29 is 0 Å². The van der Waals surface area contributed by atoms with Gasteiger partial charge in [-0.1, -0.05) is 176 Å². The topological polar surface area (TPSA) is 8.17 Å². The quantitative estimate of drug-likeness (QED) is 0.158. The van der Waals surface area contributed by atoms with Gasteiger partial charge in [0.15, 0.2) is 0 Å². The van der Waals surface area contributed by atoms with E-state index in [1.54, 1.807) is 0 Å². The predicted molar refractivity (Wildman–Crippen MR) is 247 cm³/mol. The lowest BCUT2D eigenvalue weighted by Crippen LogP contribution is -2.11. The lowest BCUT2D eigenvalue weighted by molar-refractivity contribution is 1.19. The van der Waals surface area contributed by atoms with Gasteiger partial charge in [-0.15, -0.1) is 0 Å². The first-order valence-corrected chi connectivity index (χ1v) is 19.9. The molecule has 10 aromatic carbocycles. The fourth-order valence-corrected chi connectivity index (χ4v) is 8.73. The third-order valence-corrected chi connectivity index (χ3v) is 11.6. The molecule has 2 heteroatoms. The Morgan fingerprint density at radius 3 is 1.55 bits per heavy atom. The second-order valence-corrected chi connectivity index (χ2v) is 15.0. The van der Waals surface area contributed by atoms with Crippen LogP contribution < -0.4 is 4.90 Å². The largest absolute Gasteiger partial charge is 0.310 e. The van der Waals surface area contributed by atoms with Crippen molar-refractivity contribution in [1.29, 1.82) is 0 Å². The second-order valence-electron chi connectivity index (χ2n) is 15.0. The van der Waals surface area contributed by atoms with Crippen molar-refractivity contribution in [2.24, 2.45) is 0 Å². The van der Waals surface area contributed by atoms with Gasteiger partial charge in [0, 0.05) is 38.8 Å². The van der Waals surface area contributed by atoms with Crippen LogP contribution in [0.1, 0.15) is 0 Å². The van der Waals surface area contributed by atoms with Crippen LogP contribution >= 0.6 is 0 Å². The summed E-state index contributed by atoms with van der Waals surface area (Å²) in [4.78, 5) is 2.39. The first-order valence-electron chi connectivity index (χ1n) is 19.9. The monoisotopic (exact) mass is 738 g/mol. The highest BCUT2D eigenvalue weighted by atomic mass is 15.1. The van der Waals surface area contributed by atoms with E-state index in [2.05, 4.69) is 240 Å². The van der Waals surface area contributed by atoms with Crippen molar-refractivity contribution in [3.05, 3.63) is 231 Å². The van der Waals surface area contributed by atoms with Crippen molar-refractivity contribution >= 4 is 60.4 Å². The highest BCUT2D eigenvalue weighted by Crippen LogP contribution is 2.43. The number of anilines is 3. The van der Waals surface area contributed by atoms with Gasteiger partial charge in [-0.05, 0) is 98.6 Å². The molecule has 0 fully saturated rings. The SMILES string of the molecule is c1ccc(-c2ccc(N(c3ccc(-c4ccc(-n5c6ccccc6c6ccc7ccccc7c65)cc4)cc3)c3ccccc3-c3ccc4ccccc4c3)cc2)cc1. The standard InChI is InChI=1S/C56H38N2/c1-2-12-39(13-3-1)41-24-31-47(32-25-41)57(54-20-10-8-17-50(54)46-23-22-40-14-4-5-16-45(40)38-46)48-33-26-42(27-34-48)43-28-35-49(36-29-43)58-55-21-11-9-19-52(55)53-37-30-44-15-6-7-18-51(44)56(53)58/h1-38H. The zero-order valence-electron chi connectivity index (χ0n) is 31.8. The number of rotatable bonds is 7. The molecule has 11 rings (SSSR count). The molecular weight excluding hydrogens is 701 g/mol. The van der Waals surface area contributed by atoms with Crippen molar-refractivity contribution in [3.8, 4) is 39.1 Å². The molecule has 0 spiro atoms. The van der Waals surface area contributed by atoms with Gasteiger partial charge in [-0.2, -0.15) is 0 Å². The summed E-state index contributed by atoms with van der Waals surface area (Å²) in [5.41, 5.74) is 14.1. The van der Waals surface area contributed by atoms with E-state index in [0.717, 1.165) is 22.7 Å². The number of hydrogen-bond donors (Lipinski definition) is 0. The minimum atomic E-state index is 1.10. The Balaban J connectivity index is 0.990. The Kier molecular flexibility index (Phi) is 8.19. The van der Waals surface area contributed by atoms with Gasteiger partial charge in [-0.3, -0.25) is 0 Å². The van der Waals surface area contributed by atoms with E-state index >= 15 is 0 Å². The summed E-state index contributed by atoms with van der Waals surface area (Å²) in [6, 6.07) is 83.6. The molecule has 0 bridgehead atoms. The van der Waals surface area contributed by atoms with E-state index in [1.807, 2.05) is 0 Å². The van der Waals surface area contributed by atoms with E-state index < -0.39 is 0 Å². The summed E-state index contributed by atoms with van der Waals surface area (Å²) in [5, 5.41) is 7.52. The third-order valence-electron chi connectivity index (χ3n) is 11.6. The molecule has 58 heavy (non-hydrogen) atoms. The molecule has 0 saturated carbocycles. The van der Waals surface area contributed by atoms with Crippen LogP contribution in [-0.4, -0.2) is 4.57 Å². The molecule has 11 aromatic rings. The van der Waals surface area contributed by atoms with Gasteiger partial charge in [-0.25, -0.2) is 0 Å². The Morgan fingerprint density at radius 2 is 0.828 bits per heavy atom. The Morgan fingerprint density at radius 1 is 0.310 bits per heavy atom. The molecule has 0 N–H and O–H groups in total. The van der Waals surface area contributed by atoms with E-state index in [4.69, 9.17) is 0 Å². The van der Waals surface area contributed by atoms with Crippen LogP contribution in [0.15, 0.2) is 231 Å². The molecule has 0 atom stereocenters. The van der Waals surface area contributed by atoms with Crippen LogP contribution in [0.2, 0.25) is 0 Å². The molecule has 0 amide bonds. The zero-order valence-corrected chi connectivity index (χ0v) is 31.8. The number of aromatic nitrogens is 1. The van der Waals surface area contributed by atoms with Crippen LogP contribution in [0.5, 0.6) is 0 Å². The molecule has 0 aliphatic heterocycles. The molecule has 0 saturated heterocycles. The number of hydrogen-bond acceptors (Lipinski definition) is 1. The third kappa shape index (κ3) is 5.82. The second kappa shape index (κ2) is 14.1. The van der Waals surface area contributed by atoms with Crippen LogP contribution in [0, 0.1) is 0 Å². The highest BCUT2D eigenvalue weighted by molar-refractivity contribution is 6.18. The fraction of sp³-hybridized carbons (Fsp3) is 0. The summed E-state index contributed by atoms with van der Waals surface area (Å²) >= 11 is 0. The van der Waals surface area contributed by atoms with Gasteiger partial charge < -0.3 is 9.47 Å². The number of nitrogens with zero attached hydrogens (tertiary/aromatic N) is 2. The molecular formula is C56H38N2. The Hall–Kier alpha value is -7.68. The maximum absolute atomic E-state index is 2.42. The van der Waals surface area contributed by atoms with E-state index in [9.17, 15) is 0 Å². The maximum atomic E-state index is 2.42. The summed E-state index contributed by atoms with van der Waals surface area (Å²) < 4.78 is 2.42. The summed E-state index contributed by atoms with van der Waals surface area (Å²) in [5.74, 6) is 0. The first kappa shape index (κ1) is 33.6. The maximum Gasteiger partial charge on any atom is 0.0619 e. The zero-order chi connectivity index (χ0) is 38.4. The van der Waals surface area contributed by atoms with Gasteiger partial charge >= 0.3 is 0 Å². The lowest BCUT2D eigenvalue weighted by Gasteiger charge is -2.28. The first-order chi connectivity index (χ1) is 28.8. The van der Waals surface area contributed by atoms with Crippen molar-refractivity contribution in [1.82, 2.24) is 4.57 Å². The van der Waals surface area contributed by atoms with Crippen LogP contribution in [0.25, 0.3) is 82.4 Å². The van der Waals surface area contributed by atoms with Gasteiger partial charge in [0.1, 0.15) is 0 Å². The predicted octanol–water partition coefficient (Wildman–Crippen LogP) is 15.6. The summed E-state index contributed by atoms with van der Waals surface area (Å²) in [6.45, 7) is 0. The van der Waals surface area contributed by atoms with E-state index in [0.29, 0.717) is 0 Å². The van der Waals surface area contributed by atoms with Gasteiger partial charge in [0.05, 0.1) is 16.7 Å². The smallest absolute Gasteiger partial charge is 0.0619 e. The highest BCUT2D eigenvalue weighted by Gasteiger charge is 2.19. The average Bonchev–Trinajstić information content (AvgIpc) is 3.65. The minimum absolute atomic E-state index is 1.10. The molecule has 1 heterocycles. The Bertz CT molecular complexity index is 3250. The molecule has 0 aliphatic rings. The Labute approximate surface area is 338 Å². The molecule has 1 aromatic heterocycles. The molecule has 0 radical (unpaired) electrons. The summed E-state index contributed by atoms with van der Waals surface area (Å²) in [7, 11) is 0. The number of benzene rings is 10. The van der Waals surface area contributed by atoms with E-state index in [-0.39, 0.29) is 0 Å². The van der Waals surface area contributed by atoms with Crippen molar-refractivity contribution in [2.45, 2.75) is 0 Å². The summed E-state index contributed by atoms with van der Waals surface area (Å²) in [6.07, 6.45) is 0. The molecule has 0 unspecified atom stereocenters. The lowest BCUT2D eigenvalue weighted by atomic mass is 9.98. The van der Waals surface area contributed by atoms with Crippen LogP contribution in [0.3, 0.4) is 0 Å². The van der Waals surface area contributed by atoms with Gasteiger partial charge in [0.2, 0.25) is 0 Å². The van der Waals surface area contributed by atoms with Gasteiger partial charge in [0.25, 0.3) is 0 Å². The van der Waals surface area contributed by atoms with Crippen molar-refractivity contribution in [3.63, 3.8) is 0 Å². The molecule has 272 valence electrons. The number of para-hydroxylation sites is 2. The molecule has 2 nitrogen and oxygen atoms in total. The fourth-order valence-electron chi connectivity index (χ4n) is 8.73. The normalized spacial score (nSPS) is 11.4. The minimum Gasteiger partial charge on any atom is -0.310 e. The number of fused-ring (bicyclic) bond motifs is 6. The van der Waals surface area contributed by atoms with Crippen molar-refractivity contribution in [2.75, 3.05) is 4.90 Å².